The lowest BCUT2D eigenvalue weighted by molar-refractivity contribution is -0.121. The number of anilines is 1. The van der Waals surface area contributed by atoms with E-state index in [1.165, 1.54) is 0 Å². The SMILES string of the molecule is CC(CC(=O)NCC1CCC(O)C1)c1ccc(N)cc1. The maximum absolute atomic E-state index is 11.9. The molecule has 4 heteroatoms. The number of amides is 1. The summed E-state index contributed by atoms with van der Waals surface area (Å²) in [5.41, 5.74) is 7.53. The molecule has 3 atom stereocenters. The minimum atomic E-state index is -0.175. The summed E-state index contributed by atoms with van der Waals surface area (Å²) in [4.78, 5) is 11.9. The normalized spacial score (nSPS) is 23.5. The van der Waals surface area contributed by atoms with Gasteiger partial charge in [0.05, 0.1) is 6.10 Å². The molecule has 110 valence electrons. The highest BCUT2D eigenvalue weighted by molar-refractivity contribution is 5.76. The molecule has 1 aliphatic rings. The van der Waals surface area contributed by atoms with Crippen molar-refractivity contribution in [1.29, 1.82) is 0 Å². The van der Waals surface area contributed by atoms with Crippen molar-refractivity contribution in [2.24, 2.45) is 5.92 Å². The Morgan fingerprint density at radius 2 is 2.10 bits per heavy atom. The van der Waals surface area contributed by atoms with Crippen LogP contribution in [0.4, 0.5) is 5.69 Å². The van der Waals surface area contributed by atoms with Crippen LogP contribution >= 0.6 is 0 Å². The Kier molecular flexibility index (Phi) is 5.01. The van der Waals surface area contributed by atoms with Crippen LogP contribution in [-0.2, 0) is 4.79 Å². The van der Waals surface area contributed by atoms with Gasteiger partial charge in [0.2, 0.25) is 5.91 Å². The monoisotopic (exact) mass is 276 g/mol. The summed E-state index contributed by atoms with van der Waals surface area (Å²) in [7, 11) is 0. The Labute approximate surface area is 120 Å². The topological polar surface area (TPSA) is 75.3 Å². The number of nitrogens with two attached hydrogens (primary N) is 1. The smallest absolute Gasteiger partial charge is 0.220 e. The molecule has 1 aliphatic carbocycles. The van der Waals surface area contributed by atoms with Crippen LogP contribution in [0.25, 0.3) is 0 Å². The minimum Gasteiger partial charge on any atom is -0.399 e. The largest absolute Gasteiger partial charge is 0.399 e. The number of carbonyl (C=O) groups excluding carboxylic acids is 1. The molecule has 0 bridgehead atoms. The standard InChI is InChI=1S/C16H24N2O2/c1-11(13-3-5-14(17)6-4-13)8-16(20)18-10-12-2-7-15(19)9-12/h3-6,11-12,15,19H,2,7-10,17H2,1H3,(H,18,20). The average Bonchev–Trinajstić information content (AvgIpc) is 2.83. The Morgan fingerprint density at radius 3 is 2.70 bits per heavy atom. The van der Waals surface area contributed by atoms with E-state index < -0.39 is 0 Å². The van der Waals surface area contributed by atoms with Crippen LogP contribution in [0.2, 0.25) is 0 Å². The van der Waals surface area contributed by atoms with Crippen LogP contribution in [0, 0.1) is 5.92 Å². The lowest BCUT2D eigenvalue weighted by Crippen LogP contribution is -2.29. The number of nitrogens with one attached hydrogen (secondary N) is 1. The van der Waals surface area contributed by atoms with Crippen molar-refractivity contribution in [3.8, 4) is 0 Å². The Hall–Kier alpha value is -1.55. The summed E-state index contributed by atoms with van der Waals surface area (Å²) in [5, 5.41) is 12.4. The number of carbonyl (C=O) groups is 1. The highest BCUT2D eigenvalue weighted by atomic mass is 16.3. The van der Waals surface area contributed by atoms with Crippen LogP contribution in [-0.4, -0.2) is 23.7 Å². The third-order valence-corrected chi connectivity index (χ3v) is 4.10. The zero-order valence-electron chi connectivity index (χ0n) is 12.0. The summed E-state index contributed by atoms with van der Waals surface area (Å²) in [6, 6.07) is 7.68. The van der Waals surface area contributed by atoms with E-state index in [0.717, 1.165) is 30.5 Å². The van der Waals surface area contributed by atoms with Crippen LogP contribution in [0.1, 0.15) is 44.1 Å². The molecule has 0 spiro atoms. The van der Waals surface area contributed by atoms with Gasteiger partial charge in [-0.1, -0.05) is 19.1 Å². The second-order valence-electron chi connectivity index (χ2n) is 5.91. The molecule has 1 fully saturated rings. The molecule has 0 saturated heterocycles. The van der Waals surface area contributed by atoms with E-state index in [0.29, 0.717) is 18.9 Å². The third-order valence-electron chi connectivity index (χ3n) is 4.10. The second-order valence-corrected chi connectivity index (χ2v) is 5.91. The third kappa shape index (κ3) is 4.23. The van der Waals surface area contributed by atoms with E-state index in [-0.39, 0.29) is 17.9 Å². The molecule has 1 amide bonds. The Morgan fingerprint density at radius 1 is 1.40 bits per heavy atom. The first-order valence-corrected chi connectivity index (χ1v) is 7.34. The highest BCUT2D eigenvalue weighted by Gasteiger charge is 2.23. The zero-order valence-corrected chi connectivity index (χ0v) is 12.0. The van der Waals surface area contributed by atoms with Crippen molar-refractivity contribution in [3.05, 3.63) is 29.8 Å². The van der Waals surface area contributed by atoms with E-state index in [9.17, 15) is 9.90 Å². The fraction of sp³-hybridized carbons (Fsp3) is 0.562. The number of hydrogen-bond donors (Lipinski definition) is 3. The number of hydrogen-bond acceptors (Lipinski definition) is 3. The fourth-order valence-corrected chi connectivity index (χ4v) is 2.78. The molecule has 0 radical (unpaired) electrons. The van der Waals surface area contributed by atoms with E-state index >= 15 is 0 Å². The first kappa shape index (κ1) is 14.9. The Bertz CT molecular complexity index is 444. The number of aliphatic hydroxyl groups is 1. The lowest BCUT2D eigenvalue weighted by atomic mass is 9.97. The van der Waals surface area contributed by atoms with E-state index in [1.807, 2.05) is 31.2 Å². The molecule has 4 N–H and O–H groups in total. The van der Waals surface area contributed by atoms with Crippen LogP contribution in [0.5, 0.6) is 0 Å². The zero-order chi connectivity index (χ0) is 14.5. The molecular weight excluding hydrogens is 252 g/mol. The predicted molar refractivity (Wildman–Crippen MR) is 80.2 cm³/mol. The molecule has 20 heavy (non-hydrogen) atoms. The summed E-state index contributed by atoms with van der Waals surface area (Å²) >= 11 is 0. The predicted octanol–water partition coefficient (Wildman–Crippen LogP) is 2.04. The summed E-state index contributed by atoms with van der Waals surface area (Å²) in [6.45, 7) is 2.73. The number of nitrogen functional groups attached to an aromatic ring is 1. The molecule has 1 saturated carbocycles. The fourth-order valence-electron chi connectivity index (χ4n) is 2.78. The molecule has 2 rings (SSSR count). The van der Waals surface area contributed by atoms with Gasteiger partial charge in [0, 0.05) is 18.7 Å². The first-order valence-electron chi connectivity index (χ1n) is 7.34. The van der Waals surface area contributed by atoms with Gasteiger partial charge in [-0.15, -0.1) is 0 Å². The van der Waals surface area contributed by atoms with E-state index in [2.05, 4.69) is 5.32 Å². The van der Waals surface area contributed by atoms with Crippen molar-refractivity contribution in [2.75, 3.05) is 12.3 Å². The maximum atomic E-state index is 11.9. The molecule has 4 nitrogen and oxygen atoms in total. The van der Waals surface area contributed by atoms with E-state index in [1.54, 1.807) is 0 Å². The molecule has 1 aromatic rings. The second kappa shape index (κ2) is 6.75. The number of rotatable bonds is 5. The van der Waals surface area contributed by atoms with E-state index in [4.69, 9.17) is 5.73 Å². The van der Waals surface area contributed by atoms with Crippen LogP contribution in [0.15, 0.2) is 24.3 Å². The molecule has 0 heterocycles. The molecular formula is C16H24N2O2. The van der Waals surface area contributed by atoms with Gasteiger partial charge >= 0.3 is 0 Å². The van der Waals surface area contributed by atoms with Gasteiger partial charge in [0.1, 0.15) is 0 Å². The van der Waals surface area contributed by atoms with Gasteiger partial charge in [-0.3, -0.25) is 4.79 Å². The van der Waals surface area contributed by atoms with Gasteiger partial charge in [-0.05, 0) is 48.8 Å². The molecule has 1 aromatic carbocycles. The highest BCUT2D eigenvalue weighted by Crippen LogP contribution is 2.25. The molecule has 0 aliphatic heterocycles. The number of aliphatic hydroxyl groups excluding tert-OH is 1. The first-order chi connectivity index (χ1) is 9.54. The van der Waals surface area contributed by atoms with Crippen molar-refractivity contribution >= 4 is 11.6 Å². The van der Waals surface area contributed by atoms with Crippen molar-refractivity contribution in [3.63, 3.8) is 0 Å². The van der Waals surface area contributed by atoms with Gasteiger partial charge in [0.25, 0.3) is 0 Å². The van der Waals surface area contributed by atoms with Crippen molar-refractivity contribution in [1.82, 2.24) is 5.32 Å². The van der Waals surface area contributed by atoms with Gasteiger partial charge in [-0.25, -0.2) is 0 Å². The van der Waals surface area contributed by atoms with Gasteiger partial charge in [0.15, 0.2) is 0 Å². The summed E-state index contributed by atoms with van der Waals surface area (Å²) < 4.78 is 0. The minimum absolute atomic E-state index is 0.0794. The van der Waals surface area contributed by atoms with Gasteiger partial charge in [-0.2, -0.15) is 0 Å². The molecule has 3 unspecified atom stereocenters. The average molecular weight is 276 g/mol. The number of benzene rings is 1. The summed E-state index contributed by atoms with van der Waals surface area (Å²) in [5.74, 6) is 0.696. The van der Waals surface area contributed by atoms with Gasteiger partial charge < -0.3 is 16.2 Å². The van der Waals surface area contributed by atoms with Crippen molar-refractivity contribution < 1.29 is 9.90 Å². The molecule has 0 aromatic heterocycles. The van der Waals surface area contributed by atoms with Crippen LogP contribution < -0.4 is 11.1 Å². The summed E-state index contributed by atoms with van der Waals surface area (Å²) in [6.07, 6.45) is 3.00. The lowest BCUT2D eigenvalue weighted by Gasteiger charge is -2.14. The van der Waals surface area contributed by atoms with Crippen molar-refractivity contribution in [2.45, 2.75) is 44.6 Å². The maximum Gasteiger partial charge on any atom is 0.220 e. The quantitative estimate of drug-likeness (QED) is 0.720. The Balaban J connectivity index is 1.75. The van der Waals surface area contributed by atoms with Crippen LogP contribution in [0.3, 0.4) is 0 Å².